The predicted molar refractivity (Wildman–Crippen MR) is 142 cm³/mol. The number of hydrogen-bond acceptors (Lipinski definition) is 7. The Balaban J connectivity index is 1.78. The summed E-state index contributed by atoms with van der Waals surface area (Å²) in [6.07, 6.45) is 1.15. The molecule has 0 saturated carbocycles. The topological polar surface area (TPSA) is 121 Å². The summed E-state index contributed by atoms with van der Waals surface area (Å²) in [6.45, 7) is 9.15. The number of benzene rings is 2. The first kappa shape index (κ1) is 25.9. The Hall–Kier alpha value is -3.21. The molecule has 0 saturated heterocycles. The maximum Gasteiger partial charge on any atom is 0.209 e. The minimum Gasteiger partial charge on any atom is -0.489 e. The zero-order valence-corrected chi connectivity index (χ0v) is 22.1. The van der Waals surface area contributed by atoms with Crippen LogP contribution in [0.4, 0.5) is 5.82 Å². The lowest BCUT2D eigenvalue weighted by molar-refractivity contribution is 0.125. The van der Waals surface area contributed by atoms with Gasteiger partial charge in [-0.2, -0.15) is 0 Å². The van der Waals surface area contributed by atoms with Crippen LogP contribution in [0, 0.1) is 6.92 Å². The second-order valence-electron chi connectivity index (χ2n) is 9.66. The van der Waals surface area contributed by atoms with Gasteiger partial charge in [-0.05, 0) is 45.4 Å². The molecule has 2 heterocycles. The number of nitrogens with zero attached hydrogens (tertiary/aromatic N) is 3. The highest BCUT2D eigenvalue weighted by molar-refractivity contribution is 7.88. The minimum atomic E-state index is -3.42. The van der Waals surface area contributed by atoms with Crippen LogP contribution in [0.3, 0.4) is 0 Å². The third-order valence-corrected chi connectivity index (χ3v) is 6.62. The van der Waals surface area contributed by atoms with Crippen LogP contribution in [0.2, 0.25) is 0 Å². The molecule has 192 valence electrons. The van der Waals surface area contributed by atoms with Gasteiger partial charge in [0.2, 0.25) is 10.0 Å². The second-order valence-corrected chi connectivity index (χ2v) is 11.4. The van der Waals surface area contributed by atoms with E-state index in [9.17, 15) is 8.42 Å². The summed E-state index contributed by atoms with van der Waals surface area (Å²) in [5.74, 6) is 1.62. The van der Waals surface area contributed by atoms with Gasteiger partial charge in [-0.1, -0.05) is 29.8 Å². The number of fused-ring (bicyclic) bond motifs is 3. The van der Waals surface area contributed by atoms with E-state index in [2.05, 4.69) is 15.8 Å². The van der Waals surface area contributed by atoms with Gasteiger partial charge in [-0.25, -0.2) is 23.1 Å². The Kier molecular flexibility index (Phi) is 7.21. The summed E-state index contributed by atoms with van der Waals surface area (Å²) in [6, 6.07) is 13.9. The summed E-state index contributed by atoms with van der Waals surface area (Å²) >= 11 is 0. The van der Waals surface area contributed by atoms with E-state index in [0.29, 0.717) is 48.2 Å². The van der Waals surface area contributed by atoms with Crippen molar-refractivity contribution < 1.29 is 17.9 Å². The van der Waals surface area contributed by atoms with Crippen LogP contribution in [-0.2, 0) is 34.5 Å². The van der Waals surface area contributed by atoms with Crippen LogP contribution >= 0.6 is 0 Å². The Bertz CT molecular complexity index is 1510. The van der Waals surface area contributed by atoms with Crippen LogP contribution in [0.1, 0.15) is 37.7 Å². The fourth-order valence-electron chi connectivity index (χ4n) is 4.40. The molecule has 4 rings (SSSR count). The third kappa shape index (κ3) is 5.95. The lowest BCUT2D eigenvalue weighted by Crippen LogP contribution is -2.46. The van der Waals surface area contributed by atoms with E-state index in [1.54, 1.807) is 0 Å². The molecule has 2 aromatic heterocycles. The van der Waals surface area contributed by atoms with Crippen LogP contribution in [0.15, 0.2) is 42.5 Å². The monoisotopic (exact) mass is 511 g/mol. The van der Waals surface area contributed by atoms with Crippen molar-refractivity contribution in [2.24, 2.45) is 0 Å². The summed E-state index contributed by atoms with van der Waals surface area (Å²) in [7, 11) is -3.42. The normalized spacial score (nSPS) is 12.5. The highest BCUT2D eigenvalue weighted by Gasteiger charge is 2.27. The number of ether oxygens (including phenoxy) is 2. The molecule has 0 aliphatic heterocycles. The number of pyridine rings is 1. The number of nitrogens with one attached hydrogen (secondary N) is 1. The number of nitrogens with two attached hydrogens (primary N) is 1. The molecule has 2 aromatic carbocycles. The van der Waals surface area contributed by atoms with E-state index in [0.717, 1.165) is 22.7 Å². The summed E-state index contributed by atoms with van der Waals surface area (Å²) < 4.78 is 40.3. The molecule has 0 radical (unpaired) electrons. The standard InChI is InChI=1S/C26H33N5O4S/c1-6-34-15-22-29-23-24(31(22)16-26(3,4)30-36(5,32)33)20-11-10-19(13-21(20)28-25(23)27)35-14-18-9-7-8-17(2)12-18/h7-13,30H,6,14-16H2,1-5H3,(H2,27,28). The minimum absolute atomic E-state index is 0.263. The predicted octanol–water partition coefficient (Wildman–Crippen LogP) is 3.92. The number of aryl methyl sites for hydroxylation is 1. The van der Waals surface area contributed by atoms with Crippen molar-refractivity contribution in [1.29, 1.82) is 0 Å². The molecular formula is C26H33N5O4S. The number of hydrogen-bond donors (Lipinski definition) is 2. The van der Waals surface area contributed by atoms with Crippen molar-refractivity contribution in [2.45, 2.75) is 53.0 Å². The van der Waals surface area contributed by atoms with Crippen molar-refractivity contribution in [3.8, 4) is 5.75 Å². The SMILES string of the molecule is CCOCc1nc2c(N)nc3cc(OCc4cccc(C)c4)ccc3c2n1CC(C)(C)NS(C)(=O)=O. The van der Waals surface area contributed by atoms with Gasteiger partial charge in [0.25, 0.3) is 0 Å². The van der Waals surface area contributed by atoms with Gasteiger partial charge in [-0.15, -0.1) is 0 Å². The highest BCUT2D eigenvalue weighted by Crippen LogP contribution is 2.32. The van der Waals surface area contributed by atoms with Crippen LogP contribution in [0.25, 0.3) is 21.9 Å². The van der Waals surface area contributed by atoms with Gasteiger partial charge in [0.1, 0.15) is 30.3 Å². The molecule has 0 unspecified atom stereocenters. The molecule has 4 aromatic rings. The smallest absolute Gasteiger partial charge is 0.209 e. The Morgan fingerprint density at radius 2 is 1.89 bits per heavy atom. The fourth-order valence-corrected chi connectivity index (χ4v) is 5.47. The molecular weight excluding hydrogens is 478 g/mol. The number of aromatic nitrogens is 3. The van der Waals surface area contributed by atoms with Crippen LogP contribution in [-0.4, -0.2) is 41.4 Å². The van der Waals surface area contributed by atoms with E-state index in [1.807, 2.05) is 68.7 Å². The lowest BCUT2D eigenvalue weighted by atomic mass is 10.1. The lowest BCUT2D eigenvalue weighted by Gasteiger charge is -2.27. The first-order valence-corrected chi connectivity index (χ1v) is 13.7. The number of sulfonamides is 1. The molecule has 0 amide bonds. The Labute approximate surface area is 211 Å². The van der Waals surface area contributed by atoms with Gasteiger partial charge in [0.05, 0.1) is 17.3 Å². The highest BCUT2D eigenvalue weighted by atomic mass is 32.2. The van der Waals surface area contributed by atoms with E-state index in [1.165, 1.54) is 5.56 Å². The molecule has 0 bridgehead atoms. The maximum atomic E-state index is 12.0. The largest absolute Gasteiger partial charge is 0.489 e. The van der Waals surface area contributed by atoms with Crippen molar-refractivity contribution in [3.63, 3.8) is 0 Å². The average Bonchev–Trinajstić information content (AvgIpc) is 3.12. The molecule has 0 spiro atoms. The first-order chi connectivity index (χ1) is 17.0. The van der Waals surface area contributed by atoms with Crippen molar-refractivity contribution in [2.75, 3.05) is 18.6 Å². The van der Waals surface area contributed by atoms with Crippen molar-refractivity contribution >= 4 is 37.8 Å². The van der Waals surface area contributed by atoms with Gasteiger partial charge in [0.15, 0.2) is 5.82 Å². The van der Waals surface area contributed by atoms with E-state index in [-0.39, 0.29) is 6.61 Å². The summed E-state index contributed by atoms with van der Waals surface area (Å²) in [5.41, 5.74) is 9.82. The van der Waals surface area contributed by atoms with Crippen molar-refractivity contribution in [1.82, 2.24) is 19.3 Å². The zero-order chi connectivity index (χ0) is 26.1. The number of nitrogen functional groups attached to an aromatic ring is 1. The number of anilines is 1. The first-order valence-electron chi connectivity index (χ1n) is 11.8. The van der Waals surface area contributed by atoms with Crippen LogP contribution in [0.5, 0.6) is 5.75 Å². The quantitative estimate of drug-likeness (QED) is 0.331. The molecule has 0 atom stereocenters. The van der Waals surface area contributed by atoms with Gasteiger partial charge in [0, 0.05) is 30.1 Å². The second kappa shape index (κ2) is 10.0. The fraction of sp³-hybridized carbons (Fsp3) is 0.385. The summed E-state index contributed by atoms with van der Waals surface area (Å²) in [4.78, 5) is 9.32. The molecule has 0 aliphatic rings. The van der Waals surface area contributed by atoms with Gasteiger partial charge in [-0.3, -0.25) is 0 Å². The van der Waals surface area contributed by atoms with E-state index in [4.69, 9.17) is 20.2 Å². The van der Waals surface area contributed by atoms with E-state index < -0.39 is 15.6 Å². The average molecular weight is 512 g/mol. The molecule has 0 aliphatic carbocycles. The zero-order valence-electron chi connectivity index (χ0n) is 21.3. The molecule has 0 fully saturated rings. The third-order valence-electron chi connectivity index (χ3n) is 5.69. The van der Waals surface area contributed by atoms with E-state index >= 15 is 0 Å². The molecule has 9 nitrogen and oxygen atoms in total. The molecule has 36 heavy (non-hydrogen) atoms. The molecule has 10 heteroatoms. The Morgan fingerprint density at radius 1 is 1.11 bits per heavy atom. The summed E-state index contributed by atoms with van der Waals surface area (Å²) in [5, 5.41) is 0.840. The number of imidazole rings is 1. The molecule has 3 N–H and O–H groups in total. The Morgan fingerprint density at radius 3 is 2.58 bits per heavy atom. The van der Waals surface area contributed by atoms with Gasteiger partial charge < -0.3 is 19.8 Å². The van der Waals surface area contributed by atoms with Crippen molar-refractivity contribution in [3.05, 3.63) is 59.4 Å². The van der Waals surface area contributed by atoms with Crippen LogP contribution < -0.4 is 15.2 Å². The number of rotatable bonds is 10. The maximum absolute atomic E-state index is 12.0. The van der Waals surface area contributed by atoms with Gasteiger partial charge >= 0.3 is 0 Å².